The van der Waals surface area contributed by atoms with Gasteiger partial charge >= 0.3 is 18.1 Å². The summed E-state index contributed by atoms with van der Waals surface area (Å²) in [5.41, 5.74) is 1.58. The Morgan fingerprint density at radius 3 is 2.55 bits per heavy atom. The number of nitriles is 1. The summed E-state index contributed by atoms with van der Waals surface area (Å²) >= 11 is 0. The highest BCUT2D eigenvalue weighted by Gasteiger charge is 2.43. The van der Waals surface area contributed by atoms with E-state index in [1.54, 1.807) is 12.1 Å². The second-order valence-corrected chi connectivity index (χ2v) is 9.15. The van der Waals surface area contributed by atoms with Crippen LogP contribution >= 0.6 is 0 Å². The van der Waals surface area contributed by atoms with Gasteiger partial charge in [-0.3, -0.25) is 9.59 Å². The molecule has 0 aromatic heterocycles. The second-order valence-electron chi connectivity index (χ2n) is 7.43. The molecule has 0 saturated heterocycles. The van der Waals surface area contributed by atoms with Crippen molar-refractivity contribution < 1.29 is 36.3 Å². The Labute approximate surface area is 187 Å². The Bertz CT molecular complexity index is 1240. The van der Waals surface area contributed by atoms with E-state index in [1.807, 2.05) is 6.07 Å². The van der Waals surface area contributed by atoms with Gasteiger partial charge in [0.25, 0.3) is 0 Å². The zero-order valence-corrected chi connectivity index (χ0v) is 17.8. The molecule has 0 bridgehead atoms. The molecule has 0 radical (unpaired) electrons. The van der Waals surface area contributed by atoms with Crippen molar-refractivity contribution in [1.82, 2.24) is 9.62 Å². The van der Waals surface area contributed by atoms with Gasteiger partial charge in [-0.15, -0.1) is 0 Å². The lowest BCUT2D eigenvalue weighted by Gasteiger charge is -2.29. The van der Waals surface area contributed by atoms with E-state index in [9.17, 15) is 36.3 Å². The molecule has 0 aliphatic carbocycles. The molecule has 12 heteroatoms. The summed E-state index contributed by atoms with van der Waals surface area (Å²) in [6.45, 7) is -0.538. The van der Waals surface area contributed by atoms with Crippen molar-refractivity contribution in [3.63, 3.8) is 0 Å². The monoisotopic (exact) mass is 481 g/mol. The summed E-state index contributed by atoms with van der Waals surface area (Å²) in [4.78, 5) is 23.5. The average Bonchev–Trinajstić information content (AvgIpc) is 2.76. The fourth-order valence-corrected chi connectivity index (χ4v) is 4.73. The molecule has 1 aliphatic heterocycles. The quantitative estimate of drug-likeness (QED) is 0.650. The molecule has 2 N–H and O–H groups in total. The van der Waals surface area contributed by atoms with Gasteiger partial charge in [0.1, 0.15) is 6.04 Å². The second kappa shape index (κ2) is 9.21. The van der Waals surface area contributed by atoms with Crippen molar-refractivity contribution in [2.75, 3.05) is 6.54 Å². The molecule has 33 heavy (non-hydrogen) atoms. The fraction of sp³-hybridized carbons (Fsp3) is 0.286. The van der Waals surface area contributed by atoms with E-state index in [1.165, 1.54) is 24.3 Å². The molecule has 0 fully saturated rings. The number of fused-ring (bicyclic) bond motifs is 1. The Balaban J connectivity index is 1.79. The number of carbonyl (C=O) groups is 2. The van der Waals surface area contributed by atoms with Gasteiger partial charge in [-0.1, -0.05) is 18.2 Å². The van der Waals surface area contributed by atoms with E-state index in [-0.39, 0.29) is 30.8 Å². The molecule has 0 spiro atoms. The van der Waals surface area contributed by atoms with Gasteiger partial charge in [-0.05, 0) is 53.8 Å². The lowest BCUT2D eigenvalue weighted by molar-refractivity contribution is -0.186. The van der Waals surface area contributed by atoms with Gasteiger partial charge in [0, 0.05) is 13.1 Å². The molecule has 2 aromatic carbocycles. The number of carboxylic acid groups (broad SMARTS) is 1. The van der Waals surface area contributed by atoms with Crippen LogP contribution in [0.15, 0.2) is 47.4 Å². The summed E-state index contributed by atoms with van der Waals surface area (Å²) in [6.07, 6.45) is -5.18. The van der Waals surface area contributed by atoms with Crippen molar-refractivity contribution in [3.8, 4) is 6.07 Å². The predicted molar refractivity (Wildman–Crippen MR) is 108 cm³/mol. The van der Waals surface area contributed by atoms with Crippen LogP contribution in [0, 0.1) is 11.3 Å². The largest absolute Gasteiger partial charge is 0.480 e. The third-order valence-electron chi connectivity index (χ3n) is 5.12. The van der Waals surface area contributed by atoms with Gasteiger partial charge in [0.15, 0.2) is 0 Å². The van der Waals surface area contributed by atoms with Crippen molar-refractivity contribution in [2.45, 2.75) is 36.5 Å². The average molecular weight is 481 g/mol. The highest BCUT2D eigenvalue weighted by molar-refractivity contribution is 7.89. The molecule has 1 aliphatic rings. The van der Waals surface area contributed by atoms with Crippen LogP contribution in [0.1, 0.15) is 22.3 Å². The minimum absolute atomic E-state index is 0.0177. The van der Waals surface area contributed by atoms with Crippen LogP contribution in [0.2, 0.25) is 0 Å². The SMILES string of the molecule is N#Cc1cccc(CC(NS(=O)(=O)c2ccc3c(c2)CCN(C(=O)C(F)(F)F)C3)C(=O)O)c1. The maximum atomic E-state index is 12.8. The third kappa shape index (κ3) is 5.68. The van der Waals surface area contributed by atoms with Crippen molar-refractivity contribution in [2.24, 2.45) is 0 Å². The molecule has 8 nitrogen and oxygen atoms in total. The number of alkyl halides is 3. The number of carbonyl (C=O) groups excluding carboxylic acids is 1. The summed E-state index contributed by atoms with van der Waals surface area (Å²) in [7, 11) is -4.28. The third-order valence-corrected chi connectivity index (χ3v) is 6.59. The molecule has 1 heterocycles. The standard InChI is InChI=1S/C21H18F3N3O5S/c22-21(23,24)20(30)27-7-6-15-10-17(5-4-16(15)12-27)33(31,32)26-18(19(28)29)9-13-2-1-3-14(8-13)11-25/h1-5,8,10,18,26H,6-7,9,12H2,(H,28,29). The van der Waals surface area contributed by atoms with Gasteiger partial charge in [-0.2, -0.15) is 23.2 Å². The van der Waals surface area contributed by atoms with Crippen LogP contribution in [0.3, 0.4) is 0 Å². The van der Waals surface area contributed by atoms with Gasteiger partial charge in [-0.25, -0.2) is 8.42 Å². The summed E-state index contributed by atoms with van der Waals surface area (Å²) in [5.74, 6) is -3.38. The molecule has 0 saturated carbocycles. The highest BCUT2D eigenvalue weighted by atomic mass is 32.2. The Kier molecular flexibility index (Phi) is 6.76. The van der Waals surface area contributed by atoms with E-state index in [2.05, 4.69) is 4.72 Å². The minimum Gasteiger partial charge on any atom is -0.480 e. The number of sulfonamides is 1. The molecular formula is C21H18F3N3O5S. The number of hydrogen-bond acceptors (Lipinski definition) is 5. The van der Waals surface area contributed by atoms with Gasteiger partial charge < -0.3 is 10.0 Å². The number of nitrogens with one attached hydrogen (secondary N) is 1. The zero-order chi connectivity index (χ0) is 24.4. The van der Waals surface area contributed by atoms with E-state index in [0.29, 0.717) is 27.2 Å². The number of amides is 1. The number of rotatable bonds is 6. The van der Waals surface area contributed by atoms with Crippen LogP contribution in [0.5, 0.6) is 0 Å². The molecule has 1 atom stereocenters. The minimum atomic E-state index is -5.00. The number of carboxylic acids is 1. The first-order valence-electron chi connectivity index (χ1n) is 9.63. The van der Waals surface area contributed by atoms with E-state index in [4.69, 9.17) is 5.26 Å². The van der Waals surface area contributed by atoms with Crippen LogP contribution in [0.4, 0.5) is 13.2 Å². The van der Waals surface area contributed by atoms with Crippen LogP contribution in [-0.2, 0) is 39.0 Å². The molecule has 174 valence electrons. The number of nitrogens with zero attached hydrogens (tertiary/aromatic N) is 2. The summed E-state index contributed by atoms with van der Waals surface area (Å²) in [5, 5.41) is 18.5. The summed E-state index contributed by atoms with van der Waals surface area (Å²) in [6, 6.07) is 10.2. The first-order chi connectivity index (χ1) is 15.4. The van der Waals surface area contributed by atoms with Gasteiger partial charge in [0.2, 0.25) is 10.0 Å². The number of benzene rings is 2. The molecular weight excluding hydrogens is 463 g/mol. The number of aliphatic carboxylic acids is 1. The van der Waals surface area contributed by atoms with Crippen molar-refractivity contribution in [3.05, 3.63) is 64.7 Å². The molecule has 1 unspecified atom stereocenters. The maximum Gasteiger partial charge on any atom is 0.471 e. The van der Waals surface area contributed by atoms with E-state index in [0.717, 1.165) is 6.07 Å². The first-order valence-corrected chi connectivity index (χ1v) is 11.1. The highest BCUT2D eigenvalue weighted by Crippen LogP contribution is 2.26. The van der Waals surface area contributed by atoms with Crippen molar-refractivity contribution >= 4 is 21.9 Å². The molecule has 2 aromatic rings. The van der Waals surface area contributed by atoms with Crippen LogP contribution in [-0.4, -0.2) is 49.1 Å². The predicted octanol–water partition coefficient (Wildman–Crippen LogP) is 1.98. The Hall–Kier alpha value is -3.43. The smallest absolute Gasteiger partial charge is 0.471 e. The summed E-state index contributed by atoms with van der Waals surface area (Å²) < 4.78 is 65.8. The first kappa shape index (κ1) is 24.2. The van der Waals surface area contributed by atoms with Crippen molar-refractivity contribution in [1.29, 1.82) is 5.26 Å². The topological polar surface area (TPSA) is 128 Å². The fourth-order valence-electron chi connectivity index (χ4n) is 3.49. The zero-order valence-electron chi connectivity index (χ0n) is 17.0. The lowest BCUT2D eigenvalue weighted by atomic mass is 10.00. The number of hydrogen-bond donors (Lipinski definition) is 2. The molecule has 1 amide bonds. The lowest BCUT2D eigenvalue weighted by Crippen LogP contribution is -2.44. The normalized spacial score (nSPS) is 14.8. The Morgan fingerprint density at radius 1 is 1.18 bits per heavy atom. The van der Waals surface area contributed by atoms with E-state index < -0.39 is 34.1 Å². The van der Waals surface area contributed by atoms with E-state index >= 15 is 0 Å². The molecule has 3 rings (SSSR count). The van der Waals surface area contributed by atoms with Gasteiger partial charge in [0.05, 0.1) is 16.5 Å². The number of halogens is 3. The van der Waals surface area contributed by atoms with Crippen LogP contribution in [0.25, 0.3) is 0 Å². The maximum absolute atomic E-state index is 12.8. The van der Waals surface area contributed by atoms with Crippen LogP contribution < -0.4 is 4.72 Å². The Morgan fingerprint density at radius 2 is 1.91 bits per heavy atom.